The van der Waals surface area contributed by atoms with E-state index in [0.29, 0.717) is 32.1 Å². The standard InChI is InChI=1S/C14H18O2/c1-11-3-2-4-12(9-11)10-14(16)7-5-13(15)6-8-14/h2-4,9,16H,5-8,10H2,1H3. The van der Waals surface area contributed by atoms with Gasteiger partial charge in [-0.05, 0) is 25.3 Å². The highest BCUT2D eigenvalue weighted by molar-refractivity contribution is 5.79. The largest absolute Gasteiger partial charge is 0.390 e. The van der Waals surface area contributed by atoms with Crippen LogP contribution in [0.1, 0.15) is 36.8 Å². The zero-order valence-corrected chi connectivity index (χ0v) is 9.70. The number of carbonyl (C=O) groups is 1. The van der Waals surface area contributed by atoms with Crippen LogP contribution in [0.5, 0.6) is 0 Å². The summed E-state index contributed by atoms with van der Waals surface area (Å²) in [6, 6.07) is 8.22. The molecule has 0 unspecified atom stereocenters. The second-order valence-corrected chi connectivity index (χ2v) is 4.93. The normalized spacial score (nSPS) is 19.8. The molecule has 0 radical (unpaired) electrons. The van der Waals surface area contributed by atoms with Gasteiger partial charge >= 0.3 is 0 Å². The minimum atomic E-state index is -0.665. The van der Waals surface area contributed by atoms with Crippen molar-refractivity contribution in [1.29, 1.82) is 0 Å². The second kappa shape index (κ2) is 4.38. The Hall–Kier alpha value is -1.15. The van der Waals surface area contributed by atoms with Crippen LogP contribution >= 0.6 is 0 Å². The van der Waals surface area contributed by atoms with Crippen molar-refractivity contribution in [3.8, 4) is 0 Å². The van der Waals surface area contributed by atoms with E-state index in [9.17, 15) is 9.90 Å². The summed E-state index contributed by atoms with van der Waals surface area (Å²) in [5.41, 5.74) is 1.71. The molecule has 86 valence electrons. The molecule has 0 aromatic heterocycles. The van der Waals surface area contributed by atoms with E-state index < -0.39 is 5.60 Å². The van der Waals surface area contributed by atoms with Crippen molar-refractivity contribution < 1.29 is 9.90 Å². The quantitative estimate of drug-likeness (QED) is 0.827. The van der Waals surface area contributed by atoms with Crippen LogP contribution in [0.25, 0.3) is 0 Å². The summed E-state index contributed by atoms with van der Waals surface area (Å²) in [6.07, 6.45) is 2.95. The van der Waals surface area contributed by atoms with Crippen LogP contribution in [0.4, 0.5) is 0 Å². The lowest BCUT2D eigenvalue weighted by molar-refractivity contribution is -0.125. The van der Waals surface area contributed by atoms with Gasteiger partial charge in [-0.25, -0.2) is 0 Å². The van der Waals surface area contributed by atoms with Gasteiger partial charge < -0.3 is 5.11 Å². The van der Waals surface area contributed by atoms with E-state index in [4.69, 9.17) is 0 Å². The van der Waals surface area contributed by atoms with Crippen LogP contribution in [0.3, 0.4) is 0 Å². The van der Waals surface area contributed by atoms with E-state index in [2.05, 4.69) is 19.1 Å². The average molecular weight is 218 g/mol. The van der Waals surface area contributed by atoms with Gasteiger partial charge in [0.2, 0.25) is 0 Å². The number of aryl methyl sites for hydroxylation is 1. The Bertz CT molecular complexity index is 385. The average Bonchev–Trinajstić information content (AvgIpc) is 2.23. The number of aliphatic hydroxyl groups is 1. The molecule has 1 aliphatic rings. The summed E-state index contributed by atoms with van der Waals surface area (Å²) in [7, 11) is 0. The molecular weight excluding hydrogens is 200 g/mol. The first-order valence-corrected chi connectivity index (χ1v) is 5.87. The first-order valence-electron chi connectivity index (χ1n) is 5.87. The predicted octanol–water partition coefficient (Wildman–Crippen LogP) is 2.41. The number of hydrogen-bond acceptors (Lipinski definition) is 2. The summed E-state index contributed by atoms with van der Waals surface area (Å²) in [5, 5.41) is 10.4. The van der Waals surface area contributed by atoms with Gasteiger partial charge in [0.1, 0.15) is 5.78 Å². The Morgan fingerprint density at radius 3 is 2.62 bits per heavy atom. The molecule has 1 fully saturated rings. The van der Waals surface area contributed by atoms with Gasteiger partial charge in [0.25, 0.3) is 0 Å². The third-order valence-corrected chi connectivity index (χ3v) is 3.35. The molecule has 0 aliphatic heterocycles. The minimum absolute atomic E-state index is 0.286. The van der Waals surface area contributed by atoms with Gasteiger partial charge in [0.05, 0.1) is 5.60 Å². The Morgan fingerprint density at radius 2 is 2.00 bits per heavy atom. The molecular formula is C14H18O2. The zero-order valence-electron chi connectivity index (χ0n) is 9.70. The van der Waals surface area contributed by atoms with Crippen molar-refractivity contribution in [1.82, 2.24) is 0 Å². The fraction of sp³-hybridized carbons (Fsp3) is 0.500. The van der Waals surface area contributed by atoms with E-state index in [1.54, 1.807) is 0 Å². The molecule has 2 rings (SSSR count). The Morgan fingerprint density at radius 1 is 1.31 bits per heavy atom. The molecule has 0 amide bonds. The number of benzene rings is 1. The first kappa shape index (κ1) is 11.3. The van der Waals surface area contributed by atoms with Crippen molar-refractivity contribution in [2.24, 2.45) is 0 Å². The summed E-state index contributed by atoms with van der Waals surface area (Å²) in [6.45, 7) is 2.05. The van der Waals surface area contributed by atoms with E-state index in [-0.39, 0.29) is 5.78 Å². The molecule has 16 heavy (non-hydrogen) atoms. The third-order valence-electron chi connectivity index (χ3n) is 3.35. The van der Waals surface area contributed by atoms with Crippen LogP contribution in [-0.2, 0) is 11.2 Å². The maximum atomic E-state index is 11.1. The molecule has 0 heterocycles. The summed E-state index contributed by atoms with van der Waals surface area (Å²) in [5.74, 6) is 0.286. The molecule has 1 aromatic rings. The monoisotopic (exact) mass is 218 g/mol. The van der Waals surface area contributed by atoms with Gasteiger partial charge in [-0.3, -0.25) is 4.79 Å². The molecule has 1 aliphatic carbocycles. The topological polar surface area (TPSA) is 37.3 Å². The lowest BCUT2D eigenvalue weighted by atomic mass is 9.80. The van der Waals surface area contributed by atoms with E-state index in [0.717, 1.165) is 5.56 Å². The maximum Gasteiger partial charge on any atom is 0.133 e. The number of hydrogen-bond donors (Lipinski definition) is 1. The second-order valence-electron chi connectivity index (χ2n) is 4.93. The lowest BCUT2D eigenvalue weighted by Crippen LogP contribution is -2.36. The number of ketones is 1. The molecule has 0 spiro atoms. The van der Waals surface area contributed by atoms with Crippen LogP contribution in [-0.4, -0.2) is 16.5 Å². The van der Waals surface area contributed by atoms with Gasteiger partial charge in [-0.2, -0.15) is 0 Å². The fourth-order valence-electron chi connectivity index (χ4n) is 2.37. The van der Waals surface area contributed by atoms with Crippen LogP contribution in [0, 0.1) is 6.92 Å². The molecule has 1 saturated carbocycles. The number of carbonyl (C=O) groups excluding carboxylic acids is 1. The molecule has 0 atom stereocenters. The summed E-state index contributed by atoms with van der Waals surface area (Å²) >= 11 is 0. The van der Waals surface area contributed by atoms with E-state index in [1.807, 2.05) is 12.1 Å². The Kier molecular flexibility index (Phi) is 3.10. The Labute approximate surface area is 96.3 Å². The minimum Gasteiger partial charge on any atom is -0.390 e. The van der Waals surface area contributed by atoms with Crippen LogP contribution in [0.15, 0.2) is 24.3 Å². The molecule has 0 saturated heterocycles. The van der Waals surface area contributed by atoms with Crippen molar-refractivity contribution in [2.75, 3.05) is 0 Å². The van der Waals surface area contributed by atoms with Gasteiger partial charge in [0.15, 0.2) is 0 Å². The highest BCUT2D eigenvalue weighted by Crippen LogP contribution is 2.29. The lowest BCUT2D eigenvalue weighted by Gasteiger charge is -2.31. The van der Waals surface area contributed by atoms with Gasteiger partial charge in [-0.1, -0.05) is 29.8 Å². The van der Waals surface area contributed by atoms with Gasteiger partial charge in [0, 0.05) is 19.3 Å². The van der Waals surface area contributed by atoms with Crippen molar-refractivity contribution in [3.05, 3.63) is 35.4 Å². The van der Waals surface area contributed by atoms with Crippen LogP contribution < -0.4 is 0 Å². The molecule has 0 bridgehead atoms. The van der Waals surface area contributed by atoms with E-state index >= 15 is 0 Å². The third kappa shape index (κ3) is 2.70. The maximum absolute atomic E-state index is 11.1. The van der Waals surface area contributed by atoms with Crippen molar-refractivity contribution in [3.63, 3.8) is 0 Å². The molecule has 1 aromatic carbocycles. The SMILES string of the molecule is Cc1cccc(CC2(O)CCC(=O)CC2)c1. The highest BCUT2D eigenvalue weighted by Gasteiger charge is 2.32. The summed E-state index contributed by atoms with van der Waals surface area (Å²) < 4.78 is 0. The van der Waals surface area contributed by atoms with E-state index in [1.165, 1.54) is 5.56 Å². The molecule has 1 N–H and O–H groups in total. The number of Topliss-reactive ketones (excluding diaryl/α,β-unsaturated/α-hetero) is 1. The van der Waals surface area contributed by atoms with Crippen molar-refractivity contribution in [2.45, 2.75) is 44.6 Å². The first-order chi connectivity index (χ1) is 7.57. The smallest absolute Gasteiger partial charge is 0.133 e. The Balaban J connectivity index is 2.06. The molecule has 2 heteroatoms. The predicted molar refractivity (Wildman–Crippen MR) is 63.3 cm³/mol. The highest BCUT2D eigenvalue weighted by atomic mass is 16.3. The van der Waals surface area contributed by atoms with Crippen LogP contribution in [0.2, 0.25) is 0 Å². The number of rotatable bonds is 2. The fourth-order valence-corrected chi connectivity index (χ4v) is 2.37. The zero-order chi connectivity index (χ0) is 11.6. The molecule has 2 nitrogen and oxygen atoms in total. The summed E-state index contributed by atoms with van der Waals surface area (Å²) in [4.78, 5) is 11.1. The van der Waals surface area contributed by atoms with Gasteiger partial charge in [-0.15, -0.1) is 0 Å². The van der Waals surface area contributed by atoms with Crippen molar-refractivity contribution >= 4 is 5.78 Å².